The number of hydrogen-bond acceptors (Lipinski definition) is 3. The summed E-state index contributed by atoms with van der Waals surface area (Å²) in [6.45, 7) is 0.660. The van der Waals surface area contributed by atoms with Crippen molar-refractivity contribution in [3.63, 3.8) is 0 Å². The van der Waals surface area contributed by atoms with Gasteiger partial charge in [0, 0.05) is 26.7 Å². The van der Waals surface area contributed by atoms with Crippen molar-refractivity contribution in [3.05, 3.63) is 0 Å². The minimum absolute atomic E-state index is 0.104. The lowest BCUT2D eigenvalue weighted by molar-refractivity contribution is -0.165. The third-order valence-electron chi connectivity index (χ3n) is 2.46. The second-order valence-electron chi connectivity index (χ2n) is 3.71. The number of rotatable bonds is 2. The number of piperazine rings is 1. The highest BCUT2D eigenvalue weighted by Gasteiger charge is 2.38. The molecule has 1 aliphatic heterocycles. The summed E-state index contributed by atoms with van der Waals surface area (Å²) >= 11 is 0. The molecular formula is C9H14F3N3O2. The van der Waals surface area contributed by atoms with Gasteiger partial charge in [-0.3, -0.25) is 9.59 Å². The van der Waals surface area contributed by atoms with Crippen LogP contribution in [0.25, 0.3) is 0 Å². The molecule has 0 radical (unpaired) electrons. The van der Waals surface area contributed by atoms with Crippen LogP contribution in [0, 0.1) is 0 Å². The molecule has 1 saturated heterocycles. The molecule has 8 heteroatoms. The predicted molar refractivity (Wildman–Crippen MR) is 53.1 cm³/mol. The molecule has 17 heavy (non-hydrogen) atoms. The Labute approximate surface area is 96.3 Å². The smallest absolute Gasteiger partial charge is 0.357 e. The van der Waals surface area contributed by atoms with Crippen molar-refractivity contribution >= 4 is 11.8 Å². The Morgan fingerprint density at radius 3 is 2.65 bits per heavy atom. The van der Waals surface area contributed by atoms with Crippen LogP contribution in [0.3, 0.4) is 0 Å². The molecule has 1 heterocycles. The fourth-order valence-electron chi connectivity index (χ4n) is 1.68. The van der Waals surface area contributed by atoms with Gasteiger partial charge in [0.1, 0.15) is 12.5 Å². The Balaban J connectivity index is 2.71. The fourth-order valence-corrected chi connectivity index (χ4v) is 1.68. The van der Waals surface area contributed by atoms with E-state index in [1.54, 1.807) is 0 Å². The van der Waals surface area contributed by atoms with Crippen LogP contribution in [0.15, 0.2) is 0 Å². The molecular weight excluding hydrogens is 239 g/mol. The van der Waals surface area contributed by atoms with Crippen molar-refractivity contribution in [3.8, 4) is 0 Å². The second-order valence-corrected chi connectivity index (χ2v) is 3.71. The third-order valence-corrected chi connectivity index (χ3v) is 2.46. The summed E-state index contributed by atoms with van der Waals surface area (Å²) in [6.07, 6.45) is -6.07. The Hall–Kier alpha value is -1.31. The highest BCUT2D eigenvalue weighted by Crippen LogP contribution is 2.21. The summed E-state index contributed by atoms with van der Waals surface area (Å²) in [6, 6.07) is -0.872. The Kier molecular flexibility index (Phi) is 4.33. The molecule has 0 spiro atoms. The molecule has 0 aliphatic carbocycles. The maximum atomic E-state index is 12.1. The number of carbonyl (C=O) groups excluding carboxylic acids is 2. The summed E-state index contributed by atoms with van der Waals surface area (Å²) in [5.41, 5.74) is 0. The lowest BCUT2D eigenvalue weighted by Crippen LogP contribution is -2.59. The van der Waals surface area contributed by atoms with Crippen LogP contribution in [-0.4, -0.2) is 55.6 Å². The van der Waals surface area contributed by atoms with Crippen LogP contribution in [-0.2, 0) is 9.59 Å². The van der Waals surface area contributed by atoms with E-state index in [0.29, 0.717) is 6.54 Å². The van der Waals surface area contributed by atoms with Gasteiger partial charge >= 0.3 is 6.18 Å². The number of nitrogens with one attached hydrogen (secondary N) is 2. The quantitative estimate of drug-likeness (QED) is 0.696. The van der Waals surface area contributed by atoms with Crippen LogP contribution in [0.5, 0.6) is 0 Å². The number of hydrogen-bond donors (Lipinski definition) is 2. The zero-order chi connectivity index (χ0) is 13.1. The van der Waals surface area contributed by atoms with E-state index in [9.17, 15) is 22.8 Å². The minimum atomic E-state index is -4.55. The molecule has 0 bridgehead atoms. The lowest BCUT2D eigenvalue weighted by atomic mass is 10.1. The molecule has 1 fully saturated rings. The van der Waals surface area contributed by atoms with Crippen LogP contribution >= 0.6 is 0 Å². The minimum Gasteiger partial charge on any atom is -0.357 e. The summed E-state index contributed by atoms with van der Waals surface area (Å²) in [7, 11) is 1.38. The number of halogens is 3. The van der Waals surface area contributed by atoms with Crippen LogP contribution in [0.1, 0.15) is 6.42 Å². The van der Waals surface area contributed by atoms with Crippen molar-refractivity contribution in [2.45, 2.75) is 18.6 Å². The van der Waals surface area contributed by atoms with Gasteiger partial charge in [0.25, 0.3) is 0 Å². The van der Waals surface area contributed by atoms with Gasteiger partial charge in [-0.15, -0.1) is 0 Å². The Morgan fingerprint density at radius 1 is 1.47 bits per heavy atom. The van der Waals surface area contributed by atoms with Crippen molar-refractivity contribution in [2.75, 3.05) is 26.7 Å². The van der Waals surface area contributed by atoms with Gasteiger partial charge in [-0.2, -0.15) is 13.2 Å². The number of likely N-dealkylation sites (N-methyl/N-ethyl adjacent to an activating group) is 1. The molecule has 1 atom stereocenters. The summed E-state index contributed by atoms with van der Waals surface area (Å²) in [5, 5.41) is 5.19. The number of alkyl halides is 3. The van der Waals surface area contributed by atoms with Gasteiger partial charge in [0.05, 0.1) is 0 Å². The molecule has 0 aromatic carbocycles. The number of amides is 2. The number of carbonyl (C=O) groups is 2. The normalized spacial score (nSPS) is 21.2. The zero-order valence-corrected chi connectivity index (χ0v) is 9.30. The molecule has 5 nitrogen and oxygen atoms in total. The van der Waals surface area contributed by atoms with Crippen molar-refractivity contribution in [1.29, 1.82) is 0 Å². The molecule has 1 rings (SSSR count). The third kappa shape index (κ3) is 3.88. The first-order valence-electron chi connectivity index (χ1n) is 5.13. The molecule has 0 aromatic heterocycles. The highest BCUT2D eigenvalue weighted by atomic mass is 19.4. The zero-order valence-electron chi connectivity index (χ0n) is 9.30. The van der Waals surface area contributed by atoms with E-state index >= 15 is 0 Å². The monoisotopic (exact) mass is 253 g/mol. The van der Waals surface area contributed by atoms with E-state index in [0.717, 1.165) is 4.90 Å². The lowest BCUT2D eigenvalue weighted by Gasteiger charge is -2.35. The fraction of sp³-hybridized carbons (Fsp3) is 0.778. The van der Waals surface area contributed by atoms with Gasteiger partial charge in [-0.05, 0) is 0 Å². The van der Waals surface area contributed by atoms with Gasteiger partial charge in [0.15, 0.2) is 0 Å². The van der Waals surface area contributed by atoms with Gasteiger partial charge in [0.2, 0.25) is 11.8 Å². The van der Waals surface area contributed by atoms with Crippen LogP contribution in [0.4, 0.5) is 13.2 Å². The Bertz CT molecular complexity index is 306. The first kappa shape index (κ1) is 13.8. The Morgan fingerprint density at radius 2 is 2.12 bits per heavy atom. The number of nitrogens with zero attached hydrogens (tertiary/aromatic N) is 1. The average Bonchev–Trinajstić information content (AvgIpc) is 2.25. The van der Waals surface area contributed by atoms with E-state index in [1.165, 1.54) is 7.05 Å². The summed E-state index contributed by atoms with van der Waals surface area (Å²) in [4.78, 5) is 23.8. The molecule has 2 amide bonds. The van der Waals surface area contributed by atoms with E-state index in [4.69, 9.17) is 0 Å². The van der Waals surface area contributed by atoms with Gasteiger partial charge in [-0.1, -0.05) is 0 Å². The second kappa shape index (κ2) is 5.35. The van der Waals surface area contributed by atoms with E-state index in [-0.39, 0.29) is 13.1 Å². The molecule has 1 aliphatic rings. The van der Waals surface area contributed by atoms with E-state index in [1.807, 2.05) is 0 Å². The van der Waals surface area contributed by atoms with Crippen LogP contribution in [0.2, 0.25) is 0 Å². The largest absolute Gasteiger partial charge is 0.397 e. The topological polar surface area (TPSA) is 61.4 Å². The van der Waals surface area contributed by atoms with Gasteiger partial charge < -0.3 is 15.5 Å². The van der Waals surface area contributed by atoms with E-state index < -0.39 is 30.5 Å². The van der Waals surface area contributed by atoms with Crippen LogP contribution < -0.4 is 10.6 Å². The molecule has 1 unspecified atom stereocenters. The summed E-state index contributed by atoms with van der Waals surface area (Å²) in [5.74, 6) is -1.53. The maximum Gasteiger partial charge on any atom is 0.397 e. The summed E-state index contributed by atoms with van der Waals surface area (Å²) < 4.78 is 36.3. The standard InChI is InChI=1S/C9H14F3N3O2/c1-13-8(17)6-5-14-2-3-15(6)7(16)4-9(10,11)12/h6,14H,2-5H2,1H3,(H,13,17). The molecule has 98 valence electrons. The molecule has 2 N–H and O–H groups in total. The average molecular weight is 253 g/mol. The van der Waals surface area contributed by atoms with Crippen molar-refractivity contribution in [1.82, 2.24) is 15.5 Å². The van der Waals surface area contributed by atoms with Crippen molar-refractivity contribution < 1.29 is 22.8 Å². The highest BCUT2D eigenvalue weighted by molar-refractivity contribution is 5.88. The predicted octanol–water partition coefficient (Wildman–Crippen LogP) is -0.515. The van der Waals surface area contributed by atoms with Gasteiger partial charge in [-0.25, -0.2) is 0 Å². The van der Waals surface area contributed by atoms with Crippen molar-refractivity contribution in [2.24, 2.45) is 0 Å². The molecule has 0 aromatic rings. The first-order chi connectivity index (χ1) is 7.85. The first-order valence-corrected chi connectivity index (χ1v) is 5.13. The van der Waals surface area contributed by atoms with E-state index in [2.05, 4.69) is 10.6 Å². The maximum absolute atomic E-state index is 12.1. The molecule has 0 saturated carbocycles. The SMILES string of the molecule is CNC(=O)C1CNCCN1C(=O)CC(F)(F)F.